The van der Waals surface area contributed by atoms with Crippen molar-refractivity contribution in [2.75, 3.05) is 6.54 Å². The monoisotopic (exact) mass is 249 g/mol. The summed E-state index contributed by atoms with van der Waals surface area (Å²) in [6, 6.07) is 0.859. The van der Waals surface area contributed by atoms with Gasteiger partial charge in [-0.3, -0.25) is 0 Å². The molecule has 3 saturated carbocycles. The van der Waals surface area contributed by atoms with Crippen LogP contribution in [0.25, 0.3) is 0 Å². The van der Waals surface area contributed by atoms with Gasteiger partial charge in [0.05, 0.1) is 0 Å². The highest BCUT2D eigenvalue weighted by molar-refractivity contribution is 4.91. The first-order valence-corrected chi connectivity index (χ1v) is 8.58. The second kappa shape index (κ2) is 5.94. The van der Waals surface area contributed by atoms with Crippen LogP contribution in [0.1, 0.15) is 71.1 Å². The van der Waals surface area contributed by atoms with Crippen molar-refractivity contribution in [1.29, 1.82) is 0 Å². The molecule has 1 N–H and O–H groups in total. The second-order valence-corrected chi connectivity index (χ2v) is 7.35. The molecule has 0 radical (unpaired) electrons. The summed E-state index contributed by atoms with van der Waals surface area (Å²) >= 11 is 0. The summed E-state index contributed by atoms with van der Waals surface area (Å²) in [5, 5.41) is 3.91. The predicted octanol–water partition coefficient (Wildman–Crippen LogP) is 4.37. The normalized spacial score (nSPS) is 43.5. The SMILES string of the molecule is CCCC1CCC(NCC2CC3CCC2C3)CC1. The van der Waals surface area contributed by atoms with Crippen LogP contribution in [0.3, 0.4) is 0 Å². The Morgan fingerprint density at radius 3 is 2.39 bits per heavy atom. The van der Waals surface area contributed by atoms with Crippen LogP contribution in [-0.2, 0) is 0 Å². The maximum absolute atomic E-state index is 3.91. The maximum Gasteiger partial charge on any atom is 0.00673 e. The fourth-order valence-electron chi connectivity index (χ4n) is 5.01. The third-order valence-electron chi connectivity index (χ3n) is 6.10. The summed E-state index contributed by atoms with van der Waals surface area (Å²) in [7, 11) is 0. The van der Waals surface area contributed by atoms with Crippen LogP contribution in [-0.4, -0.2) is 12.6 Å². The van der Waals surface area contributed by atoms with Gasteiger partial charge in [0.1, 0.15) is 0 Å². The van der Waals surface area contributed by atoms with Crippen molar-refractivity contribution in [1.82, 2.24) is 5.32 Å². The van der Waals surface area contributed by atoms with Crippen LogP contribution in [0.4, 0.5) is 0 Å². The molecule has 3 aliphatic carbocycles. The molecule has 2 bridgehead atoms. The van der Waals surface area contributed by atoms with Gasteiger partial charge in [-0.2, -0.15) is 0 Å². The van der Waals surface area contributed by atoms with Crippen LogP contribution in [0.15, 0.2) is 0 Å². The summed E-state index contributed by atoms with van der Waals surface area (Å²) in [6.07, 6.45) is 14.9. The third-order valence-corrected chi connectivity index (χ3v) is 6.10. The highest BCUT2D eigenvalue weighted by Crippen LogP contribution is 2.48. The van der Waals surface area contributed by atoms with Crippen molar-refractivity contribution in [3.8, 4) is 0 Å². The lowest BCUT2D eigenvalue weighted by atomic mass is 9.83. The number of hydrogen-bond acceptors (Lipinski definition) is 1. The first kappa shape index (κ1) is 13.0. The van der Waals surface area contributed by atoms with E-state index in [2.05, 4.69) is 12.2 Å². The molecule has 0 aromatic rings. The molecule has 3 atom stereocenters. The average Bonchev–Trinajstić information content (AvgIpc) is 3.00. The molecule has 104 valence electrons. The summed E-state index contributed by atoms with van der Waals surface area (Å²) in [4.78, 5) is 0. The molecule has 0 heterocycles. The van der Waals surface area contributed by atoms with Crippen molar-refractivity contribution < 1.29 is 0 Å². The minimum Gasteiger partial charge on any atom is -0.314 e. The number of fused-ring (bicyclic) bond motifs is 2. The van der Waals surface area contributed by atoms with Gasteiger partial charge in [-0.15, -0.1) is 0 Å². The first-order chi connectivity index (χ1) is 8.85. The molecule has 18 heavy (non-hydrogen) atoms. The zero-order valence-electron chi connectivity index (χ0n) is 12.2. The Bertz CT molecular complexity index is 254. The summed E-state index contributed by atoms with van der Waals surface area (Å²) in [5.74, 6) is 4.30. The van der Waals surface area contributed by atoms with Gasteiger partial charge >= 0.3 is 0 Å². The fraction of sp³-hybridized carbons (Fsp3) is 1.00. The van der Waals surface area contributed by atoms with Crippen molar-refractivity contribution in [2.45, 2.75) is 77.2 Å². The molecular weight excluding hydrogens is 218 g/mol. The van der Waals surface area contributed by atoms with E-state index in [0.29, 0.717) is 0 Å². The molecule has 0 saturated heterocycles. The predicted molar refractivity (Wildman–Crippen MR) is 77.6 cm³/mol. The lowest BCUT2D eigenvalue weighted by Crippen LogP contribution is -2.37. The van der Waals surface area contributed by atoms with Gasteiger partial charge in [0.2, 0.25) is 0 Å². The summed E-state index contributed by atoms with van der Waals surface area (Å²) < 4.78 is 0. The molecule has 0 aromatic carbocycles. The molecule has 3 fully saturated rings. The highest BCUT2D eigenvalue weighted by atomic mass is 14.9. The molecule has 0 amide bonds. The largest absolute Gasteiger partial charge is 0.314 e. The lowest BCUT2D eigenvalue weighted by molar-refractivity contribution is 0.249. The molecule has 1 nitrogen and oxygen atoms in total. The zero-order chi connectivity index (χ0) is 12.4. The van der Waals surface area contributed by atoms with Crippen LogP contribution in [0, 0.1) is 23.7 Å². The molecule has 1 heteroatoms. The van der Waals surface area contributed by atoms with Crippen molar-refractivity contribution in [2.24, 2.45) is 23.7 Å². The van der Waals surface area contributed by atoms with Gasteiger partial charge in [-0.1, -0.05) is 26.2 Å². The van der Waals surface area contributed by atoms with Crippen LogP contribution in [0.2, 0.25) is 0 Å². The Kier molecular flexibility index (Phi) is 4.28. The average molecular weight is 249 g/mol. The van der Waals surface area contributed by atoms with E-state index in [-0.39, 0.29) is 0 Å². The fourth-order valence-corrected chi connectivity index (χ4v) is 5.01. The van der Waals surface area contributed by atoms with E-state index in [1.54, 1.807) is 25.7 Å². The van der Waals surface area contributed by atoms with E-state index in [9.17, 15) is 0 Å². The smallest absolute Gasteiger partial charge is 0.00673 e. The van der Waals surface area contributed by atoms with Gasteiger partial charge < -0.3 is 5.32 Å². The minimum atomic E-state index is 0.859. The topological polar surface area (TPSA) is 12.0 Å². The molecule has 0 aromatic heterocycles. The van der Waals surface area contributed by atoms with Gasteiger partial charge in [0, 0.05) is 6.04 Å². The van der Waals surface area contributed by atoms with Gasteiger partial charge in [-0.25, -0.2) is 0 Å². The van der Waals surface area contributed by atoms with Gasteiger partial charge in [-0.05, 0) is 75.2 Å². The number of hydrogen-bond donors (Lipinski definition) is 1. The Morgan fingerprint density at radius 2 is 1.78 bits per heavy atom. The van der Waals surface area contributed by atoms with Crippen molar-refractivity contribution in [3.05, 3.63) is 0 Å². The van der Waals surface area contributed by atoms with E-state index in [1.807, 2.05) is 0 Å². The molecular formula is C17H31N. The minimum absolute atomic E-state index is 0.859. The van der Waals surface area contributed by atoms with E-state index in [0.717, 1.165) is 29.7 Å². The zero-order valence-corrected chi connectivity index (χ0v) is 12.2. The molecule has 3 unspecified atom stereocenters. The van der Waals surface area contributed by atoms with E-state index in [4.69, 9.17) is 0 Å². The standard InChI is InChI=1S/C17H31N/c1-2-3-13-5-8-17(9-6-13)18-12-16-11-14-4-7-15(16)10-14/h13-18H,2-12H2,1H3. The third kappa shape index (κ3) is 2.92. The Hall–Kier alpha value is -0.0400. The Balaban J connectivity index is 1.35. The second-order valence-electron chi connectivity index (χ2n) is 7.35. The van der Waals surface area contributed by atoms with Crippen molar-refractivity contribution in [3.63, 3.8) is 0 Å². The van der Waals surface area contributed by atoms with Crippen LogP contribution < -0.4 is 5.32 Å². The van der Waals surface area contributed by atoms with E-state index < -0.39 is 0 Å². The number of nitrogens with one attached hydrogen (secondary N) is 1. The molecule has 3 rings (SSSR count). The molecule has 0 spiro atoms. The maximum atomic E-state index is 3.91. The summed E-state index contributed by atoms with van der Waals surface area (Å²) in [5.41, 5.74) is 0. The number of rotatable bonds is 5. The van der Waals surface area contributed by atoms with E-state index >= 15 is 0 Å². The first-order valence-electron chi connectivity index (χ1n) is 8.58. The highest BCUT2D eigenvalue weighted by Gasteiger charge is 2.39. The quantitative estimate of drug-likeness (QED) is 0.763. The van der Waals surface area contributed by atoms with Crippen molar-refractivity contribution >= 4 is 0 Å². The lowest BCUT2D eigenvalue weighted by Gasteiger charge is -2.31. The molecule has 3 aliphatic rings. The summed E-state index contributed by atoms with van der Waals surface area (Å²) in [6.45, 7) is 3.67. The Labute approximate surface area is 113 Å². The van der Waals surface area contributed by atoms with Crippen LogP contribution >= 0.6 is 0 Å². The van der Waals surface area contributed by atoms with E-state index in [1.165, 1.54) is 45.1 Å². The van der Waals surface area contributed by atoms with Gasteiger partial charge in [0.15, 0.2) is 0 Å². The van der Waals surface area contributed by atoms with Crippen LogP contribution in [0.5, 0.6) is 0 Å². The Morgan fingerprint density at radius 1 is 0.944 bits per heavy atom. The molecule has 0 aliphatic heterocycles. The van der Waals surface area contributed by atoms with Gasteiger partial charge in [0.25, 0.3) is 0 Å².